The molecule has 1 aromatic carbocycles. The molecule has 1 rings (SSSR count). The Morgan fingerprint density at radius 3 is 2.38 bits per heavy atom. The number of benzene rings is 1. The molecule has 0 heterocycles. The van der Waals surface area contributed by atoms with Gasteiger partial charge in [-0.25, -0.2) is 0 Å². The van der Waals surface area contributed by atoms with Crippen LogP contribution < -0.4 is 0 Å². The summed E-state index contributed by atoms with van der Waals surface area (Å²) in [6, 6.07) is 9.52. The molecule has 0 fully saturated rings. The number of allylic oxidation sites excluding steroid dienone is 1. The van der Waals surface area contributed by atoms with Gasteiger partial charge < -0.3 is 0 Å². The zero-order valence-electron chi connectivity index (χ0n) is 9.69. The molecular formula is C14H16O2. The van der Waals surface area contributed by atoms with Crippen LogP contribution in [-0.2, 0) is 9.59 Å². The monoisotopic (exact) mass is 216 g/mol. The van der Waals surface area contributed by atoms with E-state index in [4.69, 9.17) is 0 Å². The fraction of sp³-hybridized carbons (Fsp3) is 0.286. The van der Waals surface area contributed by atoms with Crippen molar-refractivity contribution in [2.24, 2.45) is 0 Å². The lowest BCUT2D eigenvalue weighted by atomic mass is 10.0. The second kappa shape index (κ2) is 6.01. The van der Waals surface area contributed by atoms with Crippen molar-refractivity contribution < 1.29 is 9.59 Å². The van der Waals surface area contributed by atoms with Crippen molar-refractivity contribution in [3.05, 3.63) is 41.5 Å². The topological polar surface area (TPSA) is 34.1 Å². The molecule has 0 unspecified atom stereocenters. The molecule has 0 atom stereocenters. The van der Waals surface area contributed by atoms with Crippen molar-refractivity contribution >= 4 is 17.6 Å². The summed E-state index contributed by atoms with van der Waals surface area (Å²) in [5.41, 5.74) is 1.45. The van der Waals surface area contributed by atoms with Crippen LogP contribution in [0.1, 0.15) is 32.3 Å². The van der Waals surface area contributed by atoms with E-state index in [2.05, 4.69) is 0 Å². The third-order valence-corrected chi connectivity index (χ3v) is 2.27. The summed E-state index contributed by atoms with van der Waals surface area (Å²) in [4.78, 5) is 23.0. The van der Waals surface area contributed by atoms with Gasteiger partial charge in [0.05, 0.1) is 0 Å². The Hall–Kier alpha value is -1.70. The van der Waals surface area contributed by atoms with E-state index in [1.165, 1.54) is 0 Å². The first kappa shape index (κ1) is 12.4. The standard InChI is InChI=1S/C14H16O2/c1-3-7-13(15)14(16)11(2)10-12-8-5-4-6-9-12/h4-6,8-10H,3,7H2,1-2H3/b11-10+. The van der Waals surface area contributed by atoms with E-state index in [0.717, 1.165) is 5.56 Å². The molecule has 2 nitrogen and oxygen atoms in total. The molecular weight excluding hydrogens is 200 g/mol. The SMILES string of the molecule is CCCC(=O)C(=O)/C(C)=C/c1ccccc1. The van der Waals surface area contributed by atoms with Crippen molar-refractivity contribution in [2.45, 2.75) is 26.7 Å². The molecule has 16 heavy (non-hydrogen) atoms. The van der Waals surface area contributed by atoms with Gasteiger partial charge in [-0.2, -0.15) is 0 Å². The molecule has 0 amide bonds. The number of Topliss-reactive ketones (excluding diaryl/α,β-unsaturated/α-hetero) is 2. The Labute approximate surface area is 96.0 Å². The van der Waals surface area contributed by atoms with Gasteiger partial charge in [0.2, 0.25) is 11.6 Å². The van der Waals surface area contributed by atoms with Crippen molar-refractivity contribution in [2.75, 3.05) is 0 Å². The molecule has 0 radical (unpaired) electrons. The quantitative estimate of drug-likeness (QED) is 0.560. The highest BCUT2D eigenvalue weighted by molar-refractivity contribution is 6.44. The van der Waals surface area contributed by atoms with Crippen molar-refractivity contribution in [1.82, 2.24) is 0 Å². The molecule has 0 aliphatic carbocycles. The predicted octanol–water partition coefficient (Wildman–Crippen LogP) is 3.03. The molecule has 0 N–H and O–H groups in total. The summed E-state index contributed by atoms with van der Waals surface area (Å²) in [6.07, 6.45) is 2.79. The van der Waals surface area contributed by atoms with Crippen LogP contribution in [0.2, 0.25) is 0 Å². The fourth-order valence-electron chi connectivity index (χ4n) is 1.43. The largest absolute Gasteiger partial charge is 0.291 e. The van der Waals surface area contributed by atoms with E-state index < -0.39 is 0 Å². The maximum atomic E-state index is 11.6. The van der Waals surface area contributed by atoms with Gasteiger partial charge in [-0.05, 0) is 25.0 Å². The maximum Gasteiger partial charge on any atom is 0.224 e. The maximum absolute atomic E-state index is 11.6. The molecule has 0 saturated heterocycles. The van der Waals surface area contributed by atoms with E-state index in [-0.39, 0.29) is 11.6 Å². The normalized spacial score (nSPS) is 11.2. The summed E-state index contributed by atoms with van der Waals surface area (Å²) in [5, 5.41) is 0. The van der Waals surface area contributed by atoms with Gasteiger partial charge in [0.25, 0.3) is 0 Å². The van der Waals surface area contributed by atoms with E-state index in [1.54, 1.807) is 13.0 Å². The van der Waals surface area contributed by atoms with Crippen LogP contribution in [0.5, 0.6) is 0 Å². The first-order valence-electron chi connectivity index (χ1n) is 5.46. The minimum Gasteiger partial charge on any atom is -0.291 e. The average molecular weight is 216 g/mol. The van der Waals surface area contributed by atoms with E-state index in [9.17, 15) is 9.59 Å². The highest BCUT2D eigenvalue weighted by atomic mass is 16.2. The highest BCUT2D eigenvalue weighted by Gasteiger charge is 2.13. The molecule has 0 spiro atoms. The van der Waals surface area contributed by atoms with E-state index >= 15 is 0 Å². The molecule has 2 heteroatoms. The summed E-state index contributed by atoms with van der Waals surface area (Å²) in [7, 11) is 0. The first-order valence-corrected chi connectivity index (χ1v) is 5.46. The van der Waals surface area contributed by atoms with Crippen LogP contribution in [-0.4, -0.2) is 11.6 Å². The van der Waals surface area contributed by atoms with Crippen molar-refractivity contribution in [1.29, 1.82) is 0 Å². The van der Waals surface area contributed by atoms with Crippen LogP contribution in [0.3, 0.4) is 0 Å². The zero-order chi connectivity index (χ0) is 12.0. The molecule has 0 aromatic heterocycles. The highest BCUT2D eigenvalue weighted by Crippen LogP contribution is 2.08. The van der Waals surface area contributed by atoms with Crippen LogP contribution in [0.25, 0.3) is 6.08 Å². The minimum atomic E-state index is -0.370. The van der Waals surface area contributed by atoms with Crippen molar-refractivity contribution in [3.63, 3.8) is 0 Å². The van der Waals surface area contributed by atoms with Crippen LogP contribution >= 0.6 is 0 Å². The molecule has 0 bridgehead atoms. The van der Waals surface area contributed by atoms with Gasteiger partial charge in [0.1, 0.15) is 0 Å². The lowest BCUT2D eigenvalue weighted by Gasteiger charge is -1.99. The molecule has 0 aliphatic rings. The molecule has 0 saturated carbocycles. The minimum absolute atomic E-state index is 0.299. The number of rotatable bonds is 5. The molecule has 1 aromatic rings. The number of ketones is 2. The van der Waals surface area contributed by atoms with Gasteiger partial charge in [-0.3, -0.25) is 9.59 Å². The molecule has 84 valence electrons. The fourth-order valence-corrected chi connectivity index (χ4v) is 1.43. The Morgan fingerprint density at radius 2 is 1.81 bits per heavy atom. The lowest BCUT2D eigenvalue weighted by molar-refractivity contribution is -0.134. The van der Waals surface area contributed by atoms with Gasteiger partial charge >= 0.3 is 0 Å². The number of carbonyl (C=O) groups excluding carboxylic acids is 2. The Morgan fingerprint density at radius 1 is 1.19 bits per heavy atom. The molecule has 0 aliphatic heterocycles. The first-order chi connectivity index (χ1) is 7.65. The van der Waals surface area contributed by atoms with Gasteiger partial charge in [-0.1, -0.05) is 37.3 Å². The smallest absolute Gasteiger partial charge is 0.224 e. The number of carbonyl (C=O) groups is 2. The zero-order valence-corrected chi connectivity index (χ0v) is 9.69. The third-order valence-electron chi connectivity index (χ3n) is 2.27. The van der Waals surface area contributed by atoms with Crippen molar-refractivity contribution in [3.8, 4) is 0 Å². The lowest BCUT2D eigenvalue weighted by Crippen LogP contribution is -2.14. The number of hydrogen-bond donors (Lipinski definition) is 0. The van der Waals surface area contributed by atoms with E-state index in [1.807, 2.05) is 37.3 Å². The predicted molar refractivity (Wildman–Crippen MR) is 65.0 cm³/mol. The van der Waals surface area contributed by atoms with Crippen LogP contribution in [0, 0.1) is 0 Å². The average Bonchev–Trinajstić information content (AvgIpc) is 2.29. The number of hydrogen-bond acceptors (Lipinski definition) is 2. The van der Waals surface area contributed by atoms with Crippen LogP contribution in [0.15, 0.2) is 35.9 Å². The summed E-state index contributed by atoms with van der Waals surface area (Å²) >= 11 is 0. The van der Waals surface area contributed by atoms with Gasteiger partial charge in [0.15, 0.2) is 0 Å². The van der Waals surface area contributed by atoms with Gasteiger partial charge in [0, 0.05) is 12.0 Å². The van der Waals surface area contributed by atoms with Gasteiger partial charge in [-0.15, -0.1) is 0 Å². The summed E-state index contributed by atoms with van der Waals surface area (Å²) in [6.45, 7) is 3.57. The Balaban J connectivity index is 2.78. The summed E-state index contributed by atoms with van der Waals surface area (Å²) in [5.74, 6) is -0.669. The van der Waals surface area contributed by atoms with E-state index in [0.29, 0.717) is 18.4 Å². The third kappa shape index (κ3) is 3.46. The Bertz CT molecular complexity index is 402. The Kier molecular flexibility index (Phi) is 4.65. The second-order valence-electron chi connectivity index (χ2n) is 3.74. The summed E-state index contributed by atoms with van der Waals surface area (Å²) < 4.78 is 0. The second-order valence-corrected chi connectivity index (χ2v) is 3.74. The van der Waals surface area contributed by atoms with Crippen LogP contribution in [0.4, 0.5) is 0 Å².